The average Bonchev–Trinajstić information content (AvgIpc) is 2.76. The van der Waals surface area contributed by atoms with Crippen LogP contribution in [0.2, 0.25) is 0 Å². The highest BCUT2D eigenvalue weighted by atomic mass is 16.3. The van der Waals surface area contributed by atoms with Gasteiger partial charge < -0.3 is 20.5 Å². The largest absolute Gasteiger partial charge is 0.506 e. The summed E-state index contributed by atoms with van der Waals surface area (Å²) in [6.07, 6.45) is 3.20. The Bertz CT molecular complexity index is 1060. The predicted octanol–water partition coefficient (Wildman–Crippen LogP) is 4.00. The molecule has 30 heavy (non-hydrogen) atoms. The second-order valence-electron chi connectivity index (χ2n) is 7.83. The number of pyridine rings is 1. The normalized spacial score (nSPS) is 13.5. The monoisotopic (exact) mass is 408 g/mol. The third-order valence-electron chi connectivity index (χ3n) is 5.87. The Labute approximate surface area is 177 Å². The summed E-state index contributed by atoms with van der Waals surface area (Å²) < 4.78 is 0. The number of aliphatic hydroxyl groups is 1. The van der Waals surface area contributed by atoms with Gasteiger partial charge >= 0.3 is 0 Å². The first kappa shape index (κ1) is 22.1. The van der Waals surface area contributed by atoms with Crippen molar-refractivity contribution in [2.24, 2.45) is 0 Å². The highest BCUT2D eigenvalue weighted by molar-refractivity contribution is 5.87. The number of aromatic nitrogens is 1. The van der Waals surface area contributed by atoms with Gasteiger partial charge in [0.2, 0.25) is 5.56 Å². The molecule has 0 aliphatic carbocycles. The zero-order chi connectivity index (χ0) is 21.7. The van der Waals surface area contributed by atoms with Crippen molar-refractivity contribution in [3.63, 3.8) is 0 Å². The van der Waals surface area contributed by atoms with Crippen molar-refractivity contribution in [3.8, 4) is 5.75 Å². The molecule has 5 nitrogen and oxygen atoms in total. The minimum absolute atomic E-state index is 0.000276. The van der Waals surface area contributed by atoms with E-state index in [1.807, 2.05) is 0 Å². The lowest BCUT2D eigenvalue weighted by Gasteiger charge is -2.21. The van der Waals surface area contributed by atoms with Gasteiger partial charge in [-0.1, -0.05) is 45.0 Å². The fraction of sp³-hybridized carbons (Fsp3) is 0.400. The van der Waals surface area contributed by atoms with Gasteiger partial charge in [-0.25, -0.2) is 0 Å². The summed E-state index contributed by atoms with van der Waals surface area (Å²) in [7, 11) is 0. The number of aromatic amines is 1. The first-order chi connectivity index (χ1) is 14.5. The Hall–Kier alpha value is -2.63. The molecule has 0 spiro atoms. The molecular weight excluding hydrogens is 376 g/mol. The van der Waals surface area contributed by atoms with Gasteiger partial charge in [-0.15, -0.1) is 0 Å². The summed E-state index contributed by atoms with van der Waals surface area (Å²) in [4.78, 5) is 14.2. The van der Waals surface area contributed by atoms with E-state index in [0.29, 0.717) is 23.0 Å². The molecule has 1 heterocycles. The zero-order valence-corrected chi connectivity index (χ0v) is 18.0. The third kappa shape index (κ3) is 4.91. The number of hydrogen-bond acceptors (Lipinski definition) is 4. The van der Waals surface area contributed by atoms with Gasteiger partial charge in [0.15, 0.2) is 0 Å². The van der Waals surface area contributed by atoms with Crippen LogP contribution in [0.1, 0.15) is 55.5 Å². The van der Waals surface area contributed by atoms with Crippen LogP contribution in [0.25, 0.3) is 10.9 Å². The Balaban J connectivity index is 1.72. The molecule has 3 rings (SSSR count). The number of phenols is 1. The molecule has 0 amide bonds. The number of benzene rings is 2. The summed E-state index contributed by atoms with van der Waals surface area (Å²) in [5, 5.41) is 25.0. The highest BCUT2D eigenvalue weighted by Gasteiger charge is 2.16. The lowest BCUT2D eigenvalue weighted by Crippen LogP contribution is -2.34. The lowest BCUT2D eigenvalue weighted by molar-refractivity contribution is 0.170. The van der Waals surface area contributed by atoms with Crippen molar-refractivity contribution in [2.75, 3.05) is 6.54 Å². The number of aromatic hydroxyl groups is 1. The zero-order valence-electron chi connectivity index (χ0n) is 18.0. The van der Waals surface area contributed by atoms with Crippen LogP contribution in [0, 0.1) is 0 Å². The topological polar surface area (TPSA) is 85.3 Å². The molecule has 5 heteroatoms. The van der Waals surface area contributed by atoms with E-state index in [1.54, 1.807) is 12.1 Å². The average molecular weight is 409 g/mol. The Kier molecular flexibility index (Phi) is 7.29. The first-order valence-electron chi connectivity index (χ1n) is 10.8. The maximum Gasteiger partial charge on any atom is 0.248 e. The molecule has 1 unspecified atom stereocenters. The van der Waals surface area contributed by atoms with Crippen LogP contribution in [0.5, 0.6) is 5.75 Å². The number of fused-ring (bicyclic) bond motifs is 1. The molecule has 0 saturated carbocycles. The third-order valence-corrected chi connectivity index (χ3v) is 5.87. The fourth-order valence-corrected chi connectivity index (χ4v) is 4.06. The van der Waals surface area contributed by atoms with E-state index in [4.69, 9.17) is 0 Å². The van der Waals surface area contributed by atoms with Crippen molar-refractivity contribution < 1.29 is 10.2 Å². The number of nitrogens with one attached hydrogen (secondary N) is 2. The van der Waals surface area contributed by atoms with Crippen molar-refractivity contribution in [1.29, 1.82) is 0 Å². The molecular formula is C25H32N2O3. The van der Waals surface area contributed by atoms with Gasteiger partial charge in [-0.3, -0.25) is 4.79 Å². The first-order valence-corrected chi connectivity index (χ1v) is 10.8. The fourth-order valence-electron chi connectivity index (χ4n) is 4.06. The minimum Gasteiger partial charge on any atom is -0.506 e. The maximum atomic E-state index is 11.6. The van der Waals surface area contributed by atoms with E-state index in [0.717, 1.165) is 25.7 Å². The molecule has 0 bridgehead atoms. The Morgan fingerprint density at radius 3 is 2.47 bits per heavy atom. The van der Waals surface area contributed by atoms with Crippen molar-refractivity contribution in [3.05, 3.63) is 75.1 Å². The summed E-state index contributed by atoms with van der Waals surface area (Å²) in [5.41, 5.74) is 4.89. The quantitative estimate of drug-likeness (QED) is 0.431. The Morgan fingerprint density at radius 1 is 1.00 bits per heavy atom. The molecule has 3 aromatic rings. The van der Waals surface area contributed by atoms with E-state index in [-0.39, 0.29) is 17.4 Å². The molecule has 4 N–H and O–H groups in total. The minimum atomic E-state index is -0.748. The molecule has 0 radical (unpaired) electrons. The van der Waals surface area contributed by atoms with E-state index in [1.165, 1.54) is 28.8 Å². The molecule has 0 aliphatic rings. The van der Waals surface area contributed by atoms with Crippen LogP contribution in [0.3, 0.4) is 0 Å². The van der Waals surface area contributed by atoms with E-state index in [2.05, 4.69) is 49.3 Å². The van der Waals surface area contributed by atoms with E-state index < -0.39 is 6.10 Å². The standard InChI is InChI=1S/C25H32N2O3/c1-4-17-8-7-16(13-18(17)5-2)14-19(6-3)26-15-23(29)20-9-11-22(28)25-21(20)10-12-24(30)27-25/h7-13,19,23,26,28-29H,4-6,14-15H2,1-3H3,(H,27,30)/t19?,23-/m0/s1. The van der Waals surface area contributed by atoms with Crippen LogP contribution in [-0.2, 0) is 19.3 Å². The molecule has 0 fully saturated rings. The van der Waals surface area contributed by atoms with Gasteiger partial charge in [-0.2, -0.15) is 0 Å². The summed E-state index contributed by atoms with van der Waals surface area (Å²) >= 11 is 0. The molecule has 0 saturated heterocycles. The summed E-state index contributed by atoms with van der Waals surface area (Å²) in [6.45, 7) is 6.92. The number of phenolic OH excluding ortho intramolecular Hbond substituents is 1. The number of rotatable bonds is 9. The van der Waals surface area contributed by atoms with Gasteiger partial charge in [-0.05, 0) is 60.1 Å². The predicted molar refractivity (Wildman–Crippen MR) is 122 cm³/mol. The Morgan fingerprint density at radius 2 is 1.77 bits per heavy atom. The van der Waals surface area contributed by atoms with Crippen molar-refractivity contribution >= 4 is 10.9 Å². The van der Waals surface area contributed by atoms with Gasteiger partial charge in [0.1, 0.15) is 5.75 Å². The van der Waals surface area contributed by atoms with Crippen LogP contribution >= 0.6 is 0 Å². The smallest absolute Gasteiger partial charge is 0.248 e. The summed E-state index contributed by atoms with van der Waals surface area (Å²) in [6, 6.07) is 13.3. The number of aryl methyl sites for hydroxylation is 2. The number of H-pyrrole nitrogens is 1. The van der Waals surface area contributed by atoms with Crippen molar-refractivity contribution in [1.82, 2.24) is 10.3 Å². The molecule has 2 atom stereocenters. The number of aliphatic hydroxyl groups excluding tert-OH is 1. The lowest BCUT2D eigenvalue weighted by atomic mass is 9.96. The molecule has 1 aromatic heterocycles. The van der Waals surface area contributed by atoms with Gasteiger partial charge in [0.25, 0.3) is 0 Å². The van der Waals surface area contributed by atoms with Crippen LogP contribution in [0.15, 0.2) is 47.3 Å². The van der Waals surface area contributed by atoms with Gasteiger partial charge in [0, 0.05) is 24.0 Å². The SMILES string of the molecule is CCc1ccc(CC(CC)NC[C@H](O)c2ccc(O)c3[nH]c(=O)ccc23)cc1CC. The van der Waals surface area contributed by atoms with Crippen LogP contribution < -0.4 is 10.9 Å². The number of hydrogen-bond donors (Lipinski definition) is 4. The molecule has 0 aliphatic heterocycles. The van der Waals surface area contributed by atoms with Crippen LogP contribution in [-0.4, -0.2) is 27.8 Å². The van der Waals surface area contributed by atoms with Crippen molar-refractivity contribution in [2.45, 2.75) is 58.6 Å². The molecule has 2 aromatic carbocycles. The highest BCUT2D eigenvalue weighted by Crippen LogP contribution is 2.28. The second kappa shape index (κ2) is 9.92. The van der Waals surface area contributed by atoms with E-state index in [9.17, 15) is 15.0 Å². The van der Waals surface area contributed by atoms with Gasteiger partial charge in [0.05, 0.1) is 11.6 Å². The van der Waals surface area contributed by atoms with Crippen LogP contribution in [0.4, 0.5) is 0 Å². The maximum absolute atomic E-state index is 11.6. The molecule has 160 valence electrons. The second-order valence-corrected chi connectivity index (χ2v) is 7.83. The summed E-state index contributed by atoms with van der Waals surface area (Å²) in [5.74, 6) is 0.000276. The van der Waals surface area contributed by atoms with E-state index >= 15 is 0 Å².